The Kier molecular flexibility index (Phi) is 26.8. The summed E-state index contributed by atoms with van der Waals surface area (Å²) in [6.07, 6.45) is 0.725. The fourth-order valence-electron chi connectivity index (χ4n) is 13.1. The number of rotatable bonds is 34. The number of nitrogens with two attached hydrogens (primary N) is 1. The second-order valence-electron chi connectivity index (χ2n) is 27.2. The van der Waals surface area contributed by atoms with Gasteiger partial charge in [0.05, 0.1) is 59.3 Å². The molecule has 5 heterocycles. The predicted octanol–water partition coefficient (Wildman–Crippen LogP) is 4.97. The first-order valence-electron chi connectivity index (χ1n) is 35.6. The van der Waals surface area contributed by atoms with E-state index in [1.807, 2.05) is 57.1 Å². The number of fused-ring (bicyclic) bond motifs is 5. The number of benzene rings is 4. The molecule has 107 heavy (non-hydrogen) atoms. The lowest BCUT2D eigenvalue weighted by molar-refractivity contribution is -0.191. The molecule has 3 aliphatic rings. The number of carboxylic acids is 1. The van der Waals surface area contributed by atoms with E-state index in [2.05, 4.69) is 52.2 Å². The summed E-state index contributed by atoms with van der Waals surface area (Å²) in [5.41, 5.74) is 8.52. The highest BCUT2D eigenvalue weighted by atomic mass is 32.2. The molecule has 572 valence electrons. The predicted molar refractivity (Wildman–Crippen MR) is 399 cm³/mol. The number of primary amides is 1. The Balaban J connectivity index is 0.692. The highest BCUT2D eigenvalue weighted by Gasteiger charge is 2.52. The summed E-state index contributed by atoms with van der Waals surface area (Å²) in [7, 11) is 1.34. The molecule has 4 aromatic carbocycles. The Bertz CT molecular complexity index is 4520. The van der Waals surface area contributed by atoms with Crippen LogP contribution in [0.5, 0.6) is 0 Å². The molecule has 1 fully saturated rings. The van der Waals surface area contributed by atoms with Crippen molar-refractivity contribution in [2.45, 2.75) is 127 Å². The lowest BCUT2D eigenvalue weighted by atomic mass is 9.85. The molecule has 10 amide bonds. The number of urea groups is 3. The number of sulfonamides is 1. The number of cyclic esters (lactones) is 1. The number of carbonyl (C=O) groups is 10. The molecule has 3 aliphatic heterocycles. The van der Waals surface area contributed by atoms with E-state index >= 15 is 0 Å². The zero-order chi connectivity index (χ0) is 77.4. The van der Waals surface area contributed by atoms with Crippen molar-refractivity contribution in [2.75, 3.05) is 101 Å². The van der Waals surface area contributed by atoms with Gasteiger partial charge in [-0.05, 0) is 137 Å². The van der Waals surface area contributed by atoms with Gasteiger partial charge in [-0.1, -0.05) is 71.0 Å². The summed E-state index contributed by atoms with van der Waals surface area (Å²) < 4.78 is 42.7. The van der Waals surface area contributed by atoms with E-state index in [1.54, 1.807) is 55.5 Å². The van der Waals surface area contributed by atoms with Crippen LogP contribution in [-0.2, 0) is 78.2 Å². The maximum Gasteiger partial charge on any atom is 0.355 e. The van der Waals surface area contributed by atoms with Crippen LogP contribution in [0.15, 0.2) is 113 Å². The van der Waals surface area contributed by atoms with Gasteiger partial charge >= 0.3 is 36.0 Å². The molecule has 9 rings (SSSR count). The van der Waals surface area contributed by atoms with Crippen molar-refractivity contribution < 1.29 is 70.9 Å². The van der Waals surface area contributed by atoms with Gasteiger partial charge in [-0.15, -0.1) is 0 Å². The lowest BCUT2D eigenvalue weighted by Crippen LogP contribution is -2.58. The first-order chi connectivity index (χ1) is 51.0. The van der Waals surface area contributed by atoms with Gasteiger partial charge in [0.15, 0.2) is 0 Å². The summed E-state index contributed by atoms with van der Waals surface area (Å²) in [6.45, 7) is 12.2. The SMILES string of the molecule is CCCNC(=O)Nc1cccc(S(=O)(=O)Nc2cccc([C@@H](CC(=O)O)NC(=O)Nc3ccc(NC(=O)NCCN(C)CCN(C)CCN(C)CC(=O)N[C@@H](CC(N)=O)C(=O)N4CCC[C@H]4C(=O)N[C@H](C(=O)O[C@]4(CC)C(=O)OCc5c4cc4n(c5=O)Cc5c-4nc4ccccc4c5CC)C(C)C)cc3)c2)c1. The average Bonchev–Trinajstić information content (AvgIpc) is 1.63. The number of aliphatic carboxylic acids is 1. The number of anilines is 4. The van der Waals surface area contributed by atoms with E-state index < -0.39 is 124 Å². The Hall–Kier alpha value is -11.0. The number of ether oxygens (including phenoxy) is 2. The van der Waals surface area contributed by atoms with Crippen LogP contribution in [0.25, 0.3) is 22.3 Å². The Labute approximate surface area is 619 Å². The van der Waals surface area contributed by atoms with Gasteiger partial charge in [0, 0.05) is 91.6 Å². The van der Waals surface area contributed by atoms with Crippen molar-refractivity contribution in [3.05, 3.63) is 141 Å². The van der Waals surface area contributed by atoms with Crippen LogP contribution in [0.2, 0.25) is 0 Å². The average molecular weight is 1500 g/mol. The van der Waals surface area contributed by atoms with Gasteiger partial charge in [0.25, 0.3) is 15.6 Å². The summed E-state index contributed by atoms with van der Waals surface area (Å²) >= 11 is 0. The van der Waals surface area contributed by atoms with Crippen LogP contribution in [-0.4, -0.2) is 200 Å². The number of amides is 10. The third-order valence-electron chi connectivity index (χ3n) is 18.9. The maximum absolute atomic E-state index is 14.5. The van der Waals surface area contributed by atoms with Crippen LogP contribution < -0.4 is 58.5 Å². The Morgan fingerprint density at radius 3 is 2.04 bits per heavy atom. The van der Waals surface area contributed by atoms with Gasteiger partial charge in [0.2, 0.25) is 29.2 Å². The minimum atomic E-state index is -4.19. The van der Waals surface area contributed by atoms with Gasteiger partial charge in [-0.3, -0.25) is 38.4 Å². The zero-order valence-corrected chi connectivity index (χ0v) is 62.0. The summed E-state index contributed by atoms with van der Waals surface area (Å²) in [4.78, 5) is 160. The van der Waals surface area contributed by atoms with Crippen LogP contribution >= 0.6 is 0 Å². The molecule has 0 radical (unpaired) electrons. The van der Waals surface area contributed by atoms with Gasteiger partial charge < -0.3 is 82.1 Å². The second-order valence-corrected chi connectivity index (χ2v) is 28.9. The molecule has 33 heteroatoms. The Morgan fingerprint density at radius 2 is 1.37 bits per heavy atom. The highest BCUT2D eigenvalue weighted by Crippen LogP contribution is 2.43. The van der Waals surface area contributed by atoms with Crippen molar-refractivity contribution in [3.63, 3.8) is 0 Å². The number of para-hydroxylation sites is 1. The quantitative estimate of drug-likeness (QED) is 0.0237. The molecular formula is C74H94N16O16S. The molecule has 0 bridgehead atoms. The highest BCUT2D eigenvalue weighted by molar-refractivity contribution is 7.92. The van der Waals surface area contributed by atoms with Crippen LogP contribution in [0.4, 0.5) is 37.1 Å². The Morgan fingerprint density at radius 1 is 0.729 bits per heavy atom. The van der Waals surface area contributed by atoms with E-state index in [9.17, 15) is 66.3 Å². The first-order valence-corrected chi connectivity index (χ1v) is 37.0. The van der Waals surface area contributed by atoms with Crippen molar-refractivity contribution in [1.82, 2.24) is 55.7 Å². The second kappa shape index (κ2) is 35.8. The number of likely N-dealkylation sites (tertiary alicyclic amines) is 1. The van der Waals surface area contributed by atoms with Crippen molar-refractivity contribution in [2.24, 2.45) is 11.7 Å². The number of aryl methyl sites for hydroxylation is 1. The smallest absolute Gasteiger partial charge is 0.355 e. The number of esters is 2. The lowest BCUT2D eigenvalue weighted by Gasteiger charge is -2.37. The van der Waals surface area contributed by atoms with E-state index in [4.69, 9.17) is 20.2 Å². The maximum atomic E-state index is 14.5. The van der Waals surface area contributed by atoms with Crippen LogP contribution in [0.3, 0.4) is 0 Å². The summed E-state index contributed by atoms with van der Waals surface area (Å²) in [5, 5.41) is 32.2. The number of carbonyl (C=O) groups excluding carboxylic acids is 9. The molecule has 5 atom stereocenters. The standard InChI is InChI=1S/C74H94N16O16S/c1-9-28-76-71(100)80-48-18-15-20-50(37-48)107(103,104)85-49-19-14-17-45(36-49)57(40-63(93)94)83-73(102)79-47-26-24-46(25-27-47)78-72(101)77-29-31-86(6)32-33-87(7)34-35-88(8)42-62(92)81-58(39-61(75)91)68(97)89-30-16-23-59(89)66(95)84-64(44(4)5)69(98)106-74(11-3)55-38-60-65-53(41-90(60)67(96)54(55)43-105-70(74)99)51(10-2)52-21-12-13-22-56(52)82-65/h12-15,17-22,24-27,36-38,44,57-59,64,85H,9-11,16,23,28-35,39-43H2,1-8H3,(H2,75,91)(H,81,92)(H,84,95)(H,93,94)(H2,76,80,100)(H2,77,78,101)(H2,79,83,102)/t57-,58+,59+,64+,74+/m1/s1. The van der Waals surface area contributed by atoms with Crippen molar-refractivity contribution in [3.8, 4) is 11.4 Å². The number of aromatic nitrogens is 2. The summed E-state index contributed by atoms with van der Waals surface area (Å²) in [6, 6.07) is 20.4. The van der Waals surface area contributed by atoms with Crippen molar-refractivity contribution in [1.29, 1.82) is 0 Å². The van der Waals surface area contributed by atoms with E-state index in [-0.39, 0.29) is 72.0 Å². The molecule has 32 nitrogen and oxygen atoms in total. The molecule has 12 N–H and O–H groups in total. The molecule has 0 unspecified atom stereocenters. The number of likely N-dealkylation sites (N-methyl/N-ethyl adjacent to an activating group) is 3. The van der Waals surface area contributed by atoms with Gasteiger partial charge in [-0.25, -0.2) is 37.4 Å². The minimum absolute atomic E-state index is 0.0881. The van der Waals surface area contributed by atoms with Gasteiger partial charge in [-0.2, -0.15) is 0 Å². The summed E-state index contributed by atoms with van der Waals surface area (Å²) in [5.74, 6) is -6.58. The molecule has 2 aromatic heterocycles. The fraction of sp³-hybridized carbons (Fsp3) is 0.432. The number of nitrogens with zero attached hydrogens (tertiary/aromatic N) is 6. The first kappa shape index (κ1) is 80.1. The monoisotopic (exact) mass is 1490 g/mol. The molecule has 6 aromatic rings. The molecular weight excluding hydrogens is 1400 g/mol. The number of hydrogen-bond donors (Lipinski definition) is 11. The topological polar surface area (TPSA) is 426 Å². The molecule has 0 aliphatic carbocycles. The molecule has 0 spiro atoms. The number of pyridine rings is 2. The third-order valence-corrected chi connectivity index (χ3v) is 20.3. The van der Waals surface area contributed by atoms with Crippen LogP contribution in [0, 0.1) is 5.92 Å². The number of hydrogen-bond acceptors (Lipinski definition) is 19. The largest absolute Gasteiger partial charge is 0.481 e. The molecule has 0 saturated carbocycles. The number of carboxylic acid groups (broad SMARTS) is 1. The zero-order valence-electron chi connectivity index (χ0n) is 61.2. The van der Waals surface area contributed by atoms with Crippen molar-refractivity contribution >= 4 is 103 Å². The van der Waals surface area contributed by atoms with Crippen LogP contribution in [0.1, 0.15) is 107 Å². The normalized spacial score (nSPS) is 16.0. The molecule has 1 saturated heterocycles. The minimum Gasteiger partial charge on any atom is -0.481 e. The van der Waals surface area contributed by atoms with E-state index in [1.165, 1.54) is 65.6 Å². The van der Waals surface area contributed by atoms with E-state index in [0.717, 1.165) is 22.0 Å². The van der Waals surface area contributed by atoms with E-state index in [0.29, 0.717) is 87.8 Å². The third kappa shape index (κ3) is 20.1. The van der Waals surface area contributed by atoms with Gasteiger partial charge in [0.1, 0.15) is 24.7 Å². The fourth-order valence-corrected chi connectivity index (χ4v) is 14.2. The number of nitrogens with one attached hydrogen (secondary N) is 9.